The highest BCUT2D eigenvalue weighted by Crippen LogP contribution is 2.39. The molecule has 198 valence electrons. The van der Waals surface area contributed by atoms with E-state index in [0.29, 0.717) is 38.5 Å². The number of methoxy groups -OCH3 is 1. The summed E-state index contributed by atoms with van der Waals surface area (Å²) in [7, 11) is 1.64. The maximum Gasteiger partial charge on any atom is 0.338 e. The first-order chi connectivity index (χ1) is 18.4. The third-order valence-electron chi connectivity index (χ3n) is 6.13. The van der Waals surface area contributed by atoms with Gasteiger partial charge in [0.25, 0.3) is 5.56 Å². The van der Waals surface area contributed by atoms with E-state index in [1.807, 2.05) is 37.3 Å². The summed E-state index contributed by atoms with van der Waals surface area (Å²) in [5.41, 5.74) is 2.38. The SMILES string of the molecule is CCCC1=C(C(=O)OCC)C(c2ccc3c(c2)OCO3)n2c(s/c(=C\c3cc(I)c(OC)c(I)c3)c2=O)=N1. The molecule has 2 aromatic carbocycles. The summed E-state index contributed by atoms with van der Waals surface area (Å²) in [6.07, 6.45) is 3.22. The van der Waals surface area contributed by atoms with E-state index in [0.717, 1.165) is 30.4 Å². The Bertz CT molecular complexity index is 1620. The largest absolute Gasteiger partial charge is 0.495 e. The van der Waals surface area contributed by atoms with Crippen LogP contribution in [0.15, 0.2) is 51.4 Å². The molecule has 0 radical (unpaired) electrons. The van der Waals surface area contributed by atoms with Crippen LogP contribution in [0.3, 0.4) is 0 Å². The van der Waals surface area contributed by atoms with E-state index >= 15 is 0 Å². The lowest BCUT2D eigenvalue weighted by Gasteiger charge is -2.25. The number of carbonyl (C=O) groups is 1. The van der Waals surface area contributed by atoms with Crippen molar-refractivity contribution in [1.82, 2.24) is 4.57 Å². The van der Waals surface area contributed by atoms with Gasteiger partial charge < -0.3 is 18.9 Å². The molecule has 38 heavy (non-hydrogen) atoms. The number of thiazole rings is 1. The molecule has 5 rings (SSSR count). The van der Waals surface area contributed by atoms with Crippen molar-refractivity contribution in [2.24, 2.45) is 4.99 Å². The number of benzene rings is 2. The predicted octanol–water partition coefficient (Wildman–Crippen LogP) is 4.53. The van der Waals surface area contributed by atoms with Crippen LogP contribution in [0.4, 0.5) is 0 Å². The highest BCUT2D eigenvalue weighted by molar-refractivity contribution is 14.1. The number of aromatic nitrogens is 1. The van der Waals surface area contributed by atoms with Crippen molar-refractivity contribution in [2.45, 2.75) is 32.7 Å². The van der Waals surface area contributed by atoms with Crippen LogP contribution in [0.2, 0.25) is 0 Å². The number of nitrogens with zero attached hydrogens (tertiary/aromatic N) is 2. The molecule has 0 bridgehead atoms. The minimum Gasteiger partial charge on any atom is -0.495 e. The van der Waals surface area contributed by atoms with Gasteiger partial charge in [-0.1, -0.05) is 30.7 Å². The molecule has 2 aliphatic rings. The summed E-state index contributed by atoms with van der Waals surface area (Å²) in [6.45, 7) is 4.14. The average molecular weight is 758 g/mol. The highest BCUT2D eigenvalue weighted by atomic mass is 127. The number of hydrogen-bond donors (Lipinski definition) is 0. The molecule has 0 spiro atoms. The third kappa shape index (κ3) is 4.99. The Morgan fingerprint density at radius 1 is 1.18 bits per heavy atom. The molecule has 8 nitrogen and oxygen atoms in total. The molecule has 0 saturated heterocycles. The molecule has 0 N–H and O–H groups in total. The number of ether oxygens (including phenoxy) is 4. The first kappa shape index (κ1) is 27.2. The number of halogens is 2. The fraction of sp³-hybridized carbons (Fsp3) is 0.296. The van der Waals surface area contributed by atoms with E-state index in [1.165, 1.54) is 11.3 Å². The van der Waals surface area contributed by atoms with E-state index in [1.54, 1.807) is 24.7 Å². The zero-order valence-corrected chi connectivity index (χ0v) is 26.0. The lowest BCUT2D eigenvalue weighted by atomic mass is 9.94. The first-order valence-corrected chi connectivity index (χ1v) is 15.0. The van der Waals surface area contributed by atoms with Crippen LogP contribution in [-0.4, -0.2) is 31.0 Å². The van der Waals surface area contributed by atoms with E-state index in [2.05, 4.69) is 45.2 Å². The van der Waals surface area contributed by atoms with Crippen molar-refractivity contribution in [3.05, 3.63) is 79.6 Å². The van der Waals surface area contributed by atoms with E-state index in [4.69, 9.17) is 23.9 Å². The summed E-state index contributed by atoms with van der Waals surface area (Å²) in [5, 5.41) is 0. The standard InChI is InChI=1S/C27H24I2N2O6S/c1-4-6-18-22(26(33)35-5-2)23(15-7-8-19-20(12-15)37-13-36-19)31-25(32)21(38-27(31)30-18)11-14-9-16(28)24(34-3)17(29)10-14/h7-12,23H,4-6,13H2,1-3H3/b21-11-. The minimum absolute atomic E-state index is 0.128. The van der Waals surface area contributed by atoms with E-state index in [9.17, 15) is 9.59 Å². The second kappa shape index (κ2) is 11.4. The van der Waals surface area contributed by atoms with Gasteiger partial charge >= 0.3 is 5.97 Å². The van der Waals surface area contributed by atoms with Gasteiger partial charge in [0.05, 0.1) is 42.7 Å². The van der Waals surface area contributed by atoms with Crippen LogP contribution in [0.25, 0.3) is 6.08 Å². The van der Waals surface area contributed by atoms with Crippen LogP contribution in [-0.2, 0) is 9.53 Å². The van der Waals surface area contributed by atoms with Gasteiger partial charge in [0, 0.05) is 0 Å². The second-order valence-corrected chi connectivity index (χ2v) is 11.9. The van der Waals surface area contributed by atoms with E-state index in [-0.39, 0.29) is 19.0 Å². The Kier molecular flexibility index (Phi) is 8.14. The summed E-state index contributed by atoms with van der Waals surface area (Å²) in [4.78, 5) is 32.6. The highest BCUT2D eigenvalue weighted by Gasteiger charge is 2.35. The Labute approximate surface area is 250 Å². The van der Waals surface area contributed by atoms with Gasteiger partial charge in [-0.05, 0) is 100.0 Å². The number of fused-ring (bicyclic) bond motifs is 2. The maximum atomic E-state index is 13.9. The van der Waals surface area contributed by atoms with Gasteiger partial charge in [0.2, 0.25) is 6.79 Å². The average Bonchev–Trinajstić information content (AvgIpc) is 3.47. The number of carbonyl (C=O) groups excluding carboxylic acids is 1. The van der Waals surface area contributed by atoms with Crippen LogP contribution >= 0.6 is 56.5 Å². The minimum atomic E-state index is -0.709. The van der Waals surface area contributed by atoms with Crippen molar-refractivity contribution >= 4 is 68.6 Å². The Balaban J connectivity index is 1.74. The number of esters is 1. The number of hydrogen-bond acceptors (Lipinski definition) is 8. The maximum absolute atomic E-state index is 13.9. The lowest BCUT2D eigenvalue weighted by Crippen LogP contribution is -2.40. The normalized spacial score (nSPS) is 16.3. The second-order valence-electron chi connectivity index (χ2n) is 8.54. The molecule has 11 heteroatoms. The van der Waals surface area contributed by atoms with Gasteiger partial charge in [-0.25, -0.2) is 9.79 Å². The Morgan fingerprint density at radius 3 is 2.61 bits per heavy atom. The van der Waals surface area contributed by atoms with Gasteiger partial charge in [-0.15, -0.1) is 0 Å². The molecule has 1 atom stereocenters. The van der Waals surface area contributed by atoms with Crippen LogP contribution in [0, 0.1) is 7.14 Å². The summed E-state index contributed by atoms with van der Waals surface area (Å²) >= 11 is 5.76. The molecule has 0 fully saturated rings. The zero-order chi connectivity index (χ0) is 27.0. The predicted molar refractivity (Wildman–Crippen MR) is 161 cm³/mol. The van der Waals surface area contributed by atoms with Crippen LogP contribution in [0.1, 0.15) is 43.9 Å². The molecular weight excluding hydrogens is 734 g/mol. The molecule has 2 aliphatic heterocycles. The van der Waals surface area contributed by atoms with Gasteiger partial charge in [0.15, 0.2) is 16.3 Å². The topological polar surface area (TPSA) is 88.4 Å². The summed E-state index contributed by atoms with van der Waals surface area (Å²) < 4.78 is 26.1. The van der Waals surface area contributed by atoms with Crippen LogP contribution in [0.5, 0.6) is 17.2 Å². The molecule has 1 unspecified atom stereocenters. The Hall–Kier alpha value is -2.39. The van der Waals surface area contributed by atoms with Gasteiger partial charge in [0.1, 0.15) is 5.75 Å². The molecular formula is C27H24I2N2O6S. The summed E-state index contributed by atoms with van der Waals surface area (Å²) in [5.74, 6) is 1.52. The van der Waals surface area contributed by atoms with E-state index < -0.39 is 12.0 Å². The Morgan fingerprint density at radius 2 is 1.92 bits per heavy atom. The van der Waals surface area contributed by atoms with Crippen molar-refractivity contribution in [2.75, 3.05) is 20.5 Å². The lowest BCUT2D eigenvalue weighted by molar-refractivity contribution is -0.139. The van der Waals surface area contributed by atoms with Crippen molar-refractivity contribution in [3.63, 3.8) is 0 Å². The molecule has 3 aromatic rings. The summed E-state index contributed by atoms with van der Waals surface area (Å²) in [6, 6.07) is 8.73. The van der Waals surface area contributed by atoms with Gasteiger partial charge in [-0.2, -0.15) is 0 Å². The molecule has 0 saturated carbocycles. The number of allylic oxidation sites excluding steroid dienone is 1. The zero-order valence-electron chi connectivity index (χ0n) is 20.9. The van der Waals surface area contributed by atoms with Crippen LogP contribution < -0.4 is 29.1 Å². The number of rotatable bonds is 7. The van der Waals surface area contributed by atoms with Crippen molar-refractivity contribution in [1.29, 1.82) is 0 Å². The molecule has 0 amide bonds. The van der Waals surface area contributed by atoms with Gasteiger partial charge in [-0.3, -0.25) is 9.36 Å². The molecule has 1 aromatic heterocycles. The fourth-order valence-corrected chi connectivity index (χ4v) is 7.81. The molecule has 3 heterocycles. The van der Waals surface area contributed by atoms with Crippen molar-refractivity contribution in [3.8, 4) is 17.2 Å². The monoisotopic (exact) mass is 758 g/mol. The van der Waals surface area contributed by atoms with Crippen molar-refractivity contribution < 1.29 is 23.7 Å². The smallest absolute Gasteiger partial charge is 0.338 e. The molecule has 0 aliphatic carbocycles. The third-order valence-corrected chi connectivity index (χ3v) is 8.71. The quantitative estimate of drug-likeness (QED) is 0.260. The fourth-order valence-electron chi connectivity index (χ4n) is 4.53. The first-order valence-electron chi connectivity index (χ1n) is 12.0.